The molecule has 0 spiro atoms. The summed E-state index contributed by atoms with van der Waals surface area (Å²) in [5, 5.41) is 7.72. The average Bonchev–Trinajstić information content (AvgIpc) is 2.18. The second-order valence-electron chi connectivity index (χ2n) is 3.32. The first-order valence-electron chi connectivity index (χ1n) is 4.48. The third-order valence-corrected chi connectivity index (χ3v) is 2.31. The van der Waals surface area contributed by atoms with Crippen LogP contribution >= 0.6 is 11.6 Å². The van der Waals surface area contributed by atoms with Gasteiger partial charge in [-0.05, 0) is 24.1 Å². The molecule has 0 bridgehead atoms. The lowest BCUT2D eigenvalue weighted by atomic mass is 10.1. The van der Waals surface area contributed by atoms with E-state index in [1.807, 2.05) is 0 Å². The predicted molar refractivity (Wildman–Crippen MR) is 52.4 cm³/mol. The first-order valence-corrected chi connectivity index (χ1v) is 4.86. The van der Waals surface area contributed by atoms with Crippen LogP contribution in [0.15, 0.2) is 12.1 Å². The molecule has 94 valence electrons. The third-order valence-electron chi connectivity index (χ3n) is 2.04. The number of hydrogen-bond acceptors (Lipinski definition) is 1. The summed E-state index contributed by atoms with van der Waals surface area (Å²) in [5.74, 6) is -2.24. The predicted octanol–water partition coefficient (Wildman–Crippen LogP) is 3.52. The van der Waals surface area contributed by atoms with E-state index in [9.17, 15) is 22.4 Å². The van der Waals surface area contributed by atoms with Crippen molar-refractivity contribution < 1.29 is 27.5 Å². The van der Waals surface area contributed by atoms with Crippen LogP contribution in [0.1, 0.15) is 17.5 Å². The number of aliphatic carboxylic acids is 1. The van der Waals surface area contributed by atoms with Crippen molar-refractivity contribution in [2.75, 3.05) is 0 Å². The van der Waals surface area contributed by atoms with E-state index in [-0.39, 0.29) is 12.0 Å². The van der Waals surface area contributed by atoms with Crippen molar-refractivity contribution in [1.82, 2.24) is 0 Å². The first-order chi connectivity index (χ1) is 7.71. The highest BCUT2D eigenvalue weighted by atomic mass is 35.5. The van der Waals surface area contributed by atoms with Crippen LogP contribution in [-0.2, 0) is 17.4 Å². The van der Waals surface area contributed by atoms with Gasteiger partial charge in [0.1, 0.15) is 5.82 Å². The zero-order valence-electron chi connectivity index (χ0n) is 8.31. The molecule has 0 aliphatic carbocycles. The zero-order chi connectivity index (χ0) is 13.2. The number of alkyl halides is 3. The van der Waals surface area contributed by atoms with Gasteiger partial charge in [-0.15, -0.1) is 0 Å². The van der Waals surface area contributed by atoms with Crippen LogP contribution in [0.4, 0.5) is 17.6 Å². The molecule has 1 rings (SSSR count). The molecule has 0 aliphatic heterocycles. The van der Waals surface area contributed by atoms with Crippen molar-refractivity contribution >= 4 is 17.6 Å². The van der Waals surface area contributed by atoms with Gasteiger partial charge in [0.15, 0.2) is 0 Å². The molecule has 0 aromatic heterocycles. The standard InChI is InChI=1S/C10H7ClF4O2/c11-7-4-6(10(13,14)15)3-5(9(7)12)1-2-8(16)17/h3-4H,1-2H2,(H,16,17). The van der Waals surface area contributed by atoms with Crippen molar-refractivity contribution in [3.63, 3.8) is 0 Å². The molecule has 0 heterocycles. The van der Waals surface area contributed by atoms with E-state index < -0.39 is 35.0 Å². The summed E-state index contributed by atoms with van der Waals surface area (Å²) in [4.78, 5) is 10.3. The Morgan fingerprint density at radius 1 is 1.35 bits per heavy atom. The van der Waals surface area contributed by atoms with E-state index in [0.29, 0.717) is 12.1 Å². The monoisotopic (exact) mass is 270 g/mol. The maximum Gasteiger partial charge on any atom is 0.416 e. The highest BCUT2D eigenvalue weighted by molar-refractivity contribution is 6.30. The number of carboxylic acids is 1. The molecule has 1 aromatic rings. The third kappa shape index (κ3) is 3.59. The smallest absolute Gasteiger partial charge is 0.416 e. The number of carboxylic acid groups (broad SMARTS) is 1. The zero-order valence-corrected chi connectivity index (χ0v) is 9.07. The summed E-state index contributed by atoms with van der Waals surface area (Å²) >= 11 is 5.32. The Hall–Kier alpha value is -1.30. The van der Waals surface area contributed by atoms with Gasteiger partial charge in [0.25, 0.3) is 0 Å². The van der Waals surface area contributed by atoms with Crippen LogP contribution in [0.3, 0.4) is 0 Å². The normalized spacial score (nSPS) is 11.6. The van der Waals surface area contributed by atoms with Gasteiger partial charge in [-0.25, -0.2) is 4.39 Å². The van der Waals surface area contributed by atoms with Gasteiger partial charge in [-0.2, -0.15) is 13.2 Å². The van der Waals surface area contributed by atoms with Crippen LogP contribution in [0.2, 0.25) is 5.02 Å². The summed E-state index contributed by atoms with van der Waals surface area (Å²) in [7, 11) is 0. The van der Waals surface area contributed by atoms with Crippen LogP contribution in [0, 0.1) is 5.82 Å². The molecule has 7 heteroatoms. The molecule has 0 fully saturated rings. The second-order valence-corrected chi connectivity index (χ2v) is 3.73. The highest BCUT2D eigenvalue weighted by Gasteiger charge is 2.32. The molecule has 17 heavy (non-hydrogen) atoms. The van der Waals surface area contributed by atoms with Crippen LogP contribution in [0.5, 0.6) is 0 Å². The molecule has 0 saturated heterocycles. The lowest BCUT2D eigenvalue weighted by Crippen LogP contribution is -2.08. The Balaban J connectivity index is 3.11. The van der Waals surface area contributed by atoms with Crippen LogP contribution in [0.25, 0.3) is 0 Å². The number of hydrogen-bond donors (Lipinski definition) is 1. The van der Waals surface area contributed by atoms with Crippen LogP contribution in [-0.4, -0.2) is 11.1 Å². The number of rotatable bonds is 3. The Bertz CT molecular complexity index is 443. The van der Waals surface area contributed by atoms with Gasteiger partial charge < -0.3 is 5.11 Å². The highest BCUT2D eigenvalue weighted by Crippen LogP contribution is 2.33. The molecule has 0 unspecified atom stereocenters. The van der Waals surface area contributed by atoms with Gasteiger partial charge in [0.05, 0.1) is 10.6 Å². The Morgan fingerprint density at radius 2 is 1.94 bits per heavy atom. The summed E-state index contributed by atoms with van der Waals surface area (Å²) in [6, 6.07) is 1.05. The van der Waals surface area contributed by atoms with Crippen molar-refractivity contribution in [1.29, 1.82) is 0 Å². The fourth-order valence-corrected chi connectivity index (χ4v) is 1.47. The van der Waals surface area contributed by atoms with Gasteiger partial charge in [0, 0.05) is 6.42 Å². The summed E-state index contributed by atoms with van der Waals surface area (Å²) in [6.07, 6.45) is -5.45. The molecule has 1 N–H and O–H groups in total. The van der Waals surface area contributed by atoms with Gasteiger partial charge in [-0.1, -0.05) is 11.6 Å². The molecule has 0 radical (unpaired) electrons. The molecule has 1 aromatic carbocycles. The van der Waals surface area contributed by atoms with E-state index in [1.54, 1.807) is 0 Å². The number of halogens is 5. The second kappa shape index (κ2) is 4.91. The van der Waals surface area contributed by atoms with E-state index in [1.165, 1.54) is 0 Å². The topological polar surface area (TPSA) is 37.3 Å². The minimum Gasteiger partial charge on any atom is -0.481 e. The molecule has 0 aliphatic rings. The summed E-state index contributed by atoms with van der Waals surface area (Å²) in [6.45, 7) is 0. The number of carbonyl (C=O) groups is 1. The molecular formula is C10H7ClF4O2. The van der Waals surface area contributed by atoms with Gasteiger partial charge in [-0.3, -0.25) is 4.79 Å². The van der Waals surface area contributed by atoms with Crippen molar-refractivity contribution in [2.45, 2.75) is 19.0 Å². The van der Waals surface area contributed by atoms with Crippen molar-refractivity contribution in [3.05, 3.63) is 34.1 Å². The van der Waals surface area contributed by atoms with Crippen molar-refractivity contribution in [2.24, 2.45) is 0 Å². The summed E-state index contributed by atoms with van der Waals surface area (Å²) in [5.41, 5.74) is -1.45. The minimum atomic E-state index is -4.64. The van der Waals surface area contributed by atoms with Crippen molar-refractivity contribution in [3.8, 4) is 0 Å². The van der Waals surface area contributed by atoms with E-state index in [0.717, 1.165) is 0 Å². The van der Waals surface area contributed by atoms with Crippen LogP contribution < -0.4 is 0 Å². The largest absolute Gasteiger partial charge is 0.481 e. The molecular weight excluding hydrogens is 264 g/mol. The fourth-order valence-electron chi connectivity index (χ4n) is 1.23. The van der Waals surface area contributed by atoms with Gasteiger partial charge in [0.2, 0.25) is 0 Å². The van der Waals surface area contributed by atoms with E-state index in [2.05, 4.69) is 0 Å². The Labute approximate surface area is 98.8 Å². The number of aryl methyl sites for hydroxylation is 1. The SMILES string of the molecule is O=C(O)CCc1cc(C(F)(F)F)cc(Cl)c1F. The maximum absolute atomic E-state index is 13.3. The van der Waals surface area contributed by atoms with E-state index >= 15 is 0 Å². The fraction of sp³-hybridized carbons (Fsp3) is 0.300. The molecule has 0 amide bonds. The lowest BCUT2D eigenvalue weighted by molar-refractivity contribution is -0.137. The minimum absolute atomic E-state index is 0.342. The average molecular weight is 271 g/mol. The molecule has 2 nitrogen and oxygen atoms in total. The van der Waals surface area contributed by atoms with E-state index in [4.69, 9.17) is 16.7 Å². The molecule has 0 atom stereocenters. The lowest BCUT2D eigenvalue weighted by Gasteiger charge is -2.10. The number of benzene rings is 1. The van der Waals surface area contributed by atoms with Gasteiger partial charge >= 0.3 is 12.1 Å². The first kappa shape index (κ1) is 13.8. The Morgan fingerprint density at radius 3 is 2.41 bits per heavy atom. The molecule has 0 saturated carbocycles. The maximum atomic E-state index is 13.3. The quantitative estimate of drug-likeness (QED) is 0.854. The summed E-state index contributed by atoms with van der Waals surface area (Å²) < 4.78 is 50.5. The Kier molecular flexibility index (Phi) is 3.98.